The Morgan fingerprint density at radius 1 is 1.25 bits per heavy atom. The molecular formula is C15H23N5. The maximum absolute atomic E-state index is 4.61. The average Bonchev–Trinajstić information content (AvgIpc) is 2.85. The lowest BCUT2D eigenvalue weighted by Crippen LogP contribution is -2.26. The molecule has 5 nitrogen and oxygen atoms in total. The van der Waals surface area contributed by atoms with Gasteiger partial charge < -0.3 is 5.32 Å². The van der Waals surface area contributed by atoms with Gasteiger partial charge in [0.05, 0.1) is 11.7 Å². The van der Waals surface area contributed by atoms with Gasteiger partial charge in [0.2, 0.25) is 0 Å². The van der Waals surface area contributed by atoms with E-state index in [1.54, 1.807) is 6.33 Å². The van der Waals surface area contributed by atoms with Crippen molar-refractivity contribution in [2.75, 3.05) is 6.54 Å². The van der Waals surface area contributed by atoms with Crippen LogP contribution in [-0.4, -0.2) is 26.3 Å². The molecule has 1 unspecified atom stereocenters. The third-order valence-corrected chi connectivity index (χ3v) is 3.42. The molecule has 2 heterocycles. The van der Waals surface area contributed by atoms with E-state index >= 15 is 0 Å². The van der Waals surface area contributed by atoms with Crippen LogP contribution in [0.3, 0.4) is 0 Å². The van der Waals surface area contributed by atoms with E-state index in [9.17, 15) is 0 Å². The Kier molecular flexibility index (Phi) is 4.84. The highest BCUT2D eigenvalue weighted by molar-refractivity contribution is 5.26. The van der Waals surface area contributed by atoms with Crippen LogP contribution in [0.15, 0.2) is 18.6 Å². The van der Waals surface area contributed by atoms with E-state index in [1.165, 1.54) is 11.1 Å². The summed E-state index contributed by atoms with van der Waals surface area (Å²) < 4.78 is 1.94. The number of likely N-dealkylation sites (N-methyl/N-ethyl adjacent to an activating group) is 1. The number of aryl methyl sites for hydroxylation is 3. The van der Waals surface area contributed by atoms with Gasteiger partial charge in [-0.2, -0.15) is 5.10 Å². The van der Waals surface area contributed by atoms with Crippen LogP contribution < -0.4 is 5.32 Å². The molecule has 0 bridgehead atoms. The number of nitrogens with one attached hydrogen (secondary N) is 1. The third-order valence-electron chi connectivity index (χ3n) is 3.42. The van der Waals surface area contributed by atoms with Crippen LogP contribution in [0.5, 0.6) is 0 Å². The van der Waals surface area contributed by atoms with Gasteiger partial charge in [0.15, 0.2) is 0 Å². The van der Waals surface area contributed by atoms with Crippen LogP contribution in [0, 0.1) is 13.8 Å². The summed E-state index contributed by atoms with van der Waals surface area (Å²) in [6, 6.07) is 2.35. The first-order valence-corrected chi connectivity index (χ1v) is 7.18. The second kappa shape index (κ2) is 6.61. The minimum Gasteiger partial charge on any atom is -0.309 e. The topological polar surface area (TPSA) is 55.6 Å². The SMILES string of the molecule is CCNC(Cc1ncnn1CC)c1ncc(C)cc1C. The maximum atomic E-state index is 4.61. The first kappa shape index (κ1) is 14.7. The predicted molar refractivity (Wildman–Crippen MR) is 79.5 cm³/mol. The Labute approximate surface area is 120 Å². The second-order valence-corrected chi connectivity index (χ2v) is 5.02. The Balaban J connectivity index is 2.27. The summed E-state index contributed by atoms with van der Waals surface area (Å²) in [5, 5.41) is 7.74. The molecule has 2 rings (SSSR count). The molecule has 20 heavy (non-hydrogen) atoms. The van der Waals surface area contributed by atoms with Crippen LogP contribution in [0.1, 0.15) is 42.5 Å². The molecule has 0 amide bonds. The zero-order valence-electron chi connectivity index (χ0n) is 12.7. The normalized spacial score (nSPS) is 12.6. The largest absolute Gasteiger partial charge is 0.309 e. The lowest BCUT2D eigenvalue weighted by atomic mass is 10.0. The monoisotopic (exact) mass is 273 g/mol. The van der Waals surface area contributed by atoms with Crippen molar-refractivity contribution in [2.45, 2.75) is 46.7 Å². The van der Waals surface area contributed by atoms with Gasteiger partial charge in [0, 0.05) is 19.2 Å². The molecule has 5 heteroatoms. The smallest absolute Gasteiger partial charge is 0.138 e. The third kappa shape index (κ3) is 3.22. The fraction of sp³-hybridized carbons (Fsp3) is 0.533. The molecule has 108 valence electrons. The molecule has 0 aliphatic rings. The van der Waals surface area contributed by atoms with Crippen molar-refractivity contribution in [3.05, 3.63) is 41.2 Å². The summed E-state index contributed by atoms with van der Waals surface area (Å²) in [4.78, 5) is 8.98. The van der Waals surface area contributed by atoms with Gasteiger partial charge >= 0.3 is 0 Å². The van der Waals surface area contributed by atoms with Crippen LogP contribution in [0.2, 0.25) is 0 Å². The van der Waals surface area contributed by atoms with E-state index in [0.29, 0.717) is 0 Å². The molecule has 0 fully saturated rings. The number of hydrogen-bond acceptors (Lipinski definition) is 4. The van der Waals surface area contributed by atoms with E-state index in [4.69, 9.17) is 0 Å². The van der Waals surface area contributed by atoms with Crippen molar-refractivity contribution < 1.29 is 0 Å². The highest BCUT2D eigenvalue weighted by Crippen LogP contribution is 2.19. The fourth-order valence-electron chi connectivity index (χ4n) is 2.50. The number of nitrogens with zero attached hydrogens (tertiary/aromatic N) is 4. The predicted octanol–water partition coefficient (Wildman–Crippen LogP) is 2.20. The second-order valence-electron chi connectivity index (χ2n) is 5.02. The lowest BCUT2D eigenvalue weighted by molar-refractivity contribution is 0.498. The number of hydrogen-bond donors (Lipinski definition) is 1. The van der Waals surface area contributed by atoms with Crippen molar-refractivity contribution in [2.24, 2.45) is 0 Å². The van der Waals surface area contributed by atoms with Gasteiger partial charge in [-0.05, 0) is 38.4 Å². The van der Waals surface area contributed by atoms with Crippen LogP contribution in [-0.2, 0) is 13.0 Å². The Morgan fingerprint density at radius 3 is 2.70 bits per heavy atom. The van der Waals surface area contributed by atoms with Crippen LogP contribution in [0.4, 0.5) is 0 Å². The Morgan fingerprint density at radius 2 is 2.05 bits per heavy atom. The van der Waals surface area contributed by atoms with Crippen molar-refractivity contribution in [1.29, 1.82) is 0 Å². The summed E-state index contributed by atoms with van der Waals surface area (Å²) in [6.45, 7) is 10.1. The van der Waals surface area contributed by atoms with Gasteiger partial charge in [-0.1, -0.05) is 13.0 Å². The van der Waals surface area contributed by atoms with Crippen molar-refractivity contribution in [3.8, 4) is 0 Å². The van der Waals surface area contributed by atoms with Crippen molar-refractivity contribution >= 4 is 0 Å². The van der Waals surface area contributed by atoms with Crippen LogP contribution >= 0.6 is 0 Å². The molecule has 2 aromatic heterocycles. The molecule has 0 aliphatic heterocycles. The number of rotatable bonds is 6. The minimum atomic E-state index is 0.176. The van der Waals surface area contributed by atoms with Gasteiger partial charge in [-0.25, -0.2) is 4.98 Å². The number of aromatic nitrogens is 4. The Hall–Kier alpha value is -1.75. The standard InChI is InChI=1S/C15H23N5/c1-5-16-13(8-14-18-10-19-20(14)6-2)15-12(4)7-11(3)9-17-15/h7,9-10,13,16H,5-6,8H2,1-4H3. The summed E-state index contributed by atoms with van der Waals surface area (Å²) in [5.74, 6) is 1.00. The summed E-state index contributed by atoms with van der Waals surface area (Å²) in [6.07, 6.45) is 4.35. The van der Waals surface area contributed by atoms with Gasteiger partial charge in [-0.15, -0.1) is 0 Å². The highest BCUT2D eigenvalue weighted by atomic mass is 15.3. The average molecular weight is 273 g/mol. The van der Waals surface area contributed by atoms with E-state index in [2.05, 4.69) is 54.1 Å². The molecule has 0 saturated carbocycles. The maximum Gasteiger partial charge on any atom is 0.138 e. The van der Waals surface area contributed by atoms with E-state index < -0.39 is 0 Å². The molecule has 0 aliphatic carbocycles. The molecule has 1 N–H and O–H groups in total. The zero-order valence-corrected chi connectivity index (χ0v) is 12.7. The molecule has 0 spiro atoms. The molecular weight excluding hydrogens is 250 g/mol. The van der Waals surface area contributed by atoms with E-state index in [1.807, 2.05) is 10.9 Å². The first-order chi connectivity index (χ1) is 9.65. The van der Waals surface area contributed by atoms with E-state index in [0.717, 1.165) is 31.0 Å². The van der Waals surface area contributed by atoms with E-state index in [-0.39, 0.29) is 6.04 Å². The highest BCUT2D eigenvalue weighted by Gasteiger charge is 2.18. The molecule has 0 saturated heterocycles. The van der Waals surface area contributed by atoms with Crippen molar-refractivity contribution in [3.63, 3.8) is 0 Å². The molecule has 1 atom stereocenters. The molecule has 0 aromatic carbocycles. The zero-order chi connectivity index (χ0) is 14.5. The minimum absolute atomic E-state index is 0.176. The Bertz CT molecular complexity index is 561. The fourth-order valence-corrected chi connectivity index (χ4v) is 2.50. The first-order valence-electron chi connectivity index (χ1n) is 7.18. The van der Waals surface area contributed by atoms with Crippen molar-refractivity contribution in [1.82, 2.24) is 25.1 Å². The summed E-state index contributed by atoms with van der Waals surface area (Å²) in [5.41, 5.74) is 3.51. The molecule has 2 aromatic rings. The quantitative estimate of drug-likeness (QED) is 0.876. The van der Waals surface area contributed by atoms with Gasteiger partial charge in [0.25, 0.3) is 0 Å². The number of pyridine rings is 1. The lowest BCUT2D eigenvalue weighted by Gasteiger charge is -2.19. The van der Waals surface area contributed by atoms with Gasteiger partial charge in [-0.3, -0.25) is 9.67 Å². The summed E-state index contributed by atoms with van der Waals surface area (Å²) in [7, 11) is 0. The van der Waals surface area contributed by atoms with Gasteiger partial charge in [0.1, 0.15) is 12.2 Å². The van der Waals surface area contributed by atoms with Crippen LogP contribution in [0.25, 0.3) is 0 Å². The summed E-state index contributed by atoms with van der Waals surface area (Å²) >= 11 is 0. The molecule has 0 radical (unpaired) electrons.